The van der Waals surface area contributed by atoms with E-state index in [2.05, 4.69) is 38.8 Å². The largest absolute Gasteiger partial charge is 0.478 e. The number of alkyl halides is 2. The average molecular weight is 334 g/mol. The van der Waals surface area contributed by atoms with Crippen LogP contribution in [-0.4, -0.2) is 14.3 Å². The molecule has 2 nitrogen and oxygen atoms in total. The molecule has 0 amide bonds. The molecule has 1 atom stereocenters. The van der Waals surface area contributed by atoms with Crippen molar-refractivity contribution in [1.82, 2.24) is 0 Å². The Hall–Kier alpha value is -0.350. The number of rotatable bonds is 2. The predicted molar refractivity (Wildman–Crippen MR) is 66.0 cm³/mol. The van der Waals surface area contributed by atoms with Crippen LogP contribution in [0.1, 0.15) is 29.3 Å². The molecule has 0 saturated heterocycles. The van der Waals surface area contributed by atoms with E-state index in [4.69, 9.17) is 5.11 Å². The first-order valence-corrected chi connectivity index (χ1v) is 6.17. The molecule has 0 spiro atoms. The molecule has 1 fully saturated rings. The van der Waals surface area contributed by atoms with Crippen molar-refractivity contribution in [2.45, 2.75) is 22.0 Å². The molecule has 4 heteroatoms. The fourth-order valence-corrected chi connectivity index (χ4v) is 3.27. The summed E-state index contributed by atoms with van der Waals surface area (Å²) in [5.74, 6) is -0.883. The Balaban J connectivity index is 2.30. The molecular weight excluding hydrogens is 324 g/mol. The van der Waals surface area contributed by atoms with Gasteiger partial charge in [-0.3, -0.25) is 0 Å². The van der Waals surface area contributed by atoms with Crippen molar-refractivity contribution >= 4 is 37.8 Å². The van der Waals surface area contributed by atoms with E-state index in [0.29, 0.717) is 5.56 Å². The first-order valence-electron chi connectivity index (χ1n) is 4.58. The summed E-state index contributed by atoms with van der Waals surface area (Å²) in [7, 11) is 0. The second-order valence-electron chi connectivity index (χ2n) is 4.10. The Morgan fingerprint density at radius 2 is 1.80 bits per heavy atom. The quantitative estimate of drug-likeness (QED) is 0.840. The third-order valence-electron chi connectivity index (χ3n) is 3.03. The summed E-state index contributed by atoms with van der Waals surface area (Å²) in [6, 6.07) is 7.07. The highest BCUT2D eigenvalue weighted by atomic mass is 79.9. The van der Waals surface area contributed by atoms with Crippen LogP contribution < -0.4 is 0 Å². The Morgan fingerprint density at radius 3 is 2.13 bits per heavy atom. The van der Waals surface area contributed by atoms with Gasteiger partial charge in [-0.25, -0.2) is 4.79 Å². The van der Waals surface area contributed by atoms with Gasteiger partial charge in [0.2, 0.25) is 0 Å². The lowest BCUT2D eigenvalue weighted by Gasteiger charge is -2.12. The van der Waals surface area contributed by atoms with E-state index in [1.807, 2.05) is 12.1 Å². The zero-order valence-corrected chi connectivity index (χ0v) is 11.3. The summed E-state index contributed by atoms with van der Waals surface area (Å²) in [6.07, 6.45) is 1.01. The minimum absolute atomic E-state index is 0.0300. The van der Waals surface area contributed by atoms with Crippen LogP contribution in [0.4, 0.5) is 0 Å². The normalized spacial score (nSPS) is 27.4. The van der Waals surface area contributed by atoms with Gasteiger partial charge in [0.15, 0.2) is 0 Å². The highest BCUT2D eigenvalue weighted by Gasteiger charge is 2.62. The summed E-state index contributed by atoms with van der Waals surface area (Å²) in [5.41, 5.74) is 1.54. The van der Waals surface area contributed by atoms with Crippen molar-refractivity contribution in [3.05, 3.63) is 35.4 Å². The second kappa shape index (κ2) is 3.32. The molecule has 1 aliphatic rings. The zero-order chi connectivity index (χ0) is 11.3. The number of halogens is 2. The molecule has 0 aromatic heterocycles. The van der Waals surface area contributed by atoms with Gasteiger partial charge in [-0.15, -0.1) is 0 Å². The van der Waals surface area contributed by atoms with E-state index in [0.717, 1.165) is 12.0 Å². The third-order valence-corrected chi connectivity index (χ3v) is 5.34. The van der Waals surface area contributed by atoms with Crippen molar-refractivity contribution in [1.29, 1.82) is 0 Å². The van der Waals surface area contributed by atoms with Crippen LogP contribution in [0.5, 0.6) is 0 Å². The minimum atomic E-state index is -0.883. The van der Waals surface area contributed by atoms with Crippen LogP contribution in [0.25, 0.3) is 0 Å². The lowest BCUT2D eigenvalue weighted by molar-refractivity contribution is 0.0697. The monoisotopic (exact) mass is 332 g/mol. The summed E-state index contributed by atoms with van der Waals surface area (Å²) in [4.78, 5) is 10.7. The zero-order valence-electron chi connectivity index (χ0n) is 8.13. The van der Waals surface area contributed by atoms with Crippen LogP contribution >= 0.6 is 31.9 Å². The average Bonchev–Trinajstić information content (AvgIpc) is 2.67. The van der Waals surface area contributed by atoms with Gasteiger partial charge < -0.3 is 5.11 Å². The van der Waals surface area contributed by atoms with Crippen LogP contribution in [-0.2, 0) is 5.41 Å². The van der Waals surface area contributed by atoms with E-state index in [1.165, 1.54) is 0 Å². The number of benzene rings is 1. The van der Waals surface area contributed by atoms with E-state index < -0.39 is 5.97 Å². The highest BCUT2D eigenvalue weighted by Crippen LogP contribution is 2.66. The first kappa shape index (κ1) is 11.1. The molecule has 1 aromatic carbocycles. The van der Waals surface area contributed by atoms with Gasteiger partial charge >= 0.3 is 5.97 Å². The minimum Gasteiger partial charge on any atom is -0.478 e. The van der Waals surface area contributed by atoms with E-state index in [-0.39, 0.29) is 8.65 Å². The van der Waals surface area contributed by atoms with Crippen molar-refractivity contribution in [2.75, 3.05) is 0 Å². The molecule has 0 aliphatic heterocycles. The number of carboxylic acids is 1. The fourth-order valence-electron chi connectivity index (χ4n) is 1.69. The Morgan fingerprint density at radius 1 is 1.33 bits per heavy atom. The molecule has 0 bridgehead atoms. The number of aromatic carboxylic acids is 1. The van der Waals surface area contributed by atoms with E-state index >= 15 is 0 Å². The summed E-state index contributed by atoms with van der Waals surface area (Å²) in [6.45, 7) is 2.15. The van der Waals surface area contributed by atoms with Gasteiger partial charge in [-0.05, 0) is 24.1 Å². The number of hydrogen-bond acceptors (Lipinski definition) is 1. The van der Waals surface area contributed by atoms with E-state index in [1.54, 1.807) is 12.1 Å². The first-order chi connectivity index (χ1) is 6.87. The lowest BCUT2D eigenvalue weighted by atomic mass is 9.97. The number of carbonyl (C=O) groups is 1. The lowest BCUT2D eigenvalue weighted by Crippen LogP contribution is -2.09. The molecule has 2 rings (SSSR count). The van der Waals surface area contributed by atoms with Crippen LogP contribution in [0.2, 0.25) is 0 Å². The van der Waals surface area contributed by atoms with Crippen LogP contribution in [0, 0.1) is 0 Å². The van der Waals surface area contributed by atoms with Crippen molar-refractivity contribution < 1.29 is 9.90 Å². The summed E-state index contributed by atoms with van der Waals surface area (Å²) in [5, 5.41) is 8.78. The molecule has 1 aromatic rings. The van der Waals surface area contributed by atoms with Crippen molar-refractivity contribution in [2.24, 2.45) is 0 Å². The van der Waals surface area contributed by atoms with Crippen LogP contribution in [0.15, 0.2) is 24.3 Å². The smallest absolute Gasteiger partial charge is 0.335 e. The standard InChI is InChI=1S/C11H10Br2O2/c1-10(6-11(10,12)13)8-4-2-7(3-5-8)9(14)15/h2-5H,6H2,1H3,(H,14,15)/t10-/m0/s1. The van der Waals surface area contributed by atoms with Crippen LogP contribution in [0.3, 0.4) is 0 Å². The van der Waals surface area contributed by atoms with Gasteiger partial charge in [0.05, 0.1) is 8.80 Å². The molecule has 1 aliphatic carbocycles. The maximum absolute atomic E-state index is 10.7. The Bertz CT molecular complexity index is 411. The molecule has 0 radical (unpaired) electrons. The molecule has 15 heavy (non-hydrogen) atoms. The van der Waals surface area contributed by atoms with Crippen molar-refractivity contribution in [3.8, 4) is 0 Å². The summed E-state index contributed by atoms with van der Waals surface area (Å²) >= 11 is 7.19. The highest BCUT2D eigenvalue weighted by molar-refractivity contribution is 9.25. The molecule has 0 unspecified atom stereocenters. The van der Waals surface area contributed by atoms with Gasteiger partial charge in [0.1, 0.15) is 0 Å². The molecule has 0 heterocycles. The van der Waals surface area contributed by atoms with Gasteiger partial charge in [0.25, 0.3) is 0 Å². The molecule has 1 N–H and O–H groups in total. The topological polar surface area (TPSA) is 37.3 Å². The maximum atomic E-state index is 10.7. The van der Waals surface area contributed by atoms with Gasteiger partial charge in [-0.2, -0.15) is 0 Å². The third kappa shape index (κ3) is 1.74. The molecule has 1 saturated carbocycles. The molecule has 80 valence electrons. The Kier molecular flexibility index (Phi) is 2.47. The van der Waals surface area contributed by atoms with Gasteiger partial charge in [0, 0.05) is 5.41 Å². The number of hydrogen-bond donors (Lipinski definition) is 1. The van der Waals surface area contributed by atoms with Gasteiger partial charge in [-0.1, -0.05) is 50.9 Å². The fraction of sp³-hybridized carbons (Fsp3) is 0.364. The maximum Gasteiger partial charge on any atom is 0.335 e. The van der Waals surface area contributed by atoms with Crippen molar-refractivity contribution in [3.63, 3.8) is 0 Å². The second-order valence-corrected chi connectivity index (χ2v) is 7.87. The van der Waals surface area contributed by atoms with E-state index in [9.17, 15) is 4.79 Å². The predicted octanol–water partition coefficient (Wildman–Crippen LogP) is 3.53. The Labute approximate surface area is 105 Å². The SMILES string of the molecule is C[C@@]1(c2ccc(C(=O)O)cc2)CC1(Br)Br. The summed E-state index contributed by atoms with van der Waals surface area (Å²) < 4.78 is -0.0300. The molecular formula is C11H10Br2O2. The number of carboxylic acid groups (broad SMARTS) is 1.